The molecule has 37 heavy (non-hydrogen) atoms. The monoisotopic (exact) mass is 554 g/mol. The zero-order valence-corrected chi connectivity index (χ0v) is 23.2. The Hall–Kier alpha value is -3.21. The number of carbonyl (C=O) groups excluding carboxylic acids is 2. The Morgan fingerprint density at radius 1 is 1.08 bits per heavy atom. The van der Waals surface area contributed by atoms with E-state index in [9.17, 15) is 9.59 Å². The van der Waals surface area contributed by atoms with Crippen molar-refractivity contribution < 1.29 is 9.59 Å². The number of rotatable bonds is 9. The fourth-order valence-electron chi connectivity index (χ4n) is 3.68. The van der Waals surface area contributed by atoms with Gasteiger partial charge in [0, 0.05) is 28.1 Å². The topological polar surface area (TPSA) is 102 Å². The number of aryl methyl sites for hydroxylation is 1. The third-order valence-corrected chi connectivity index (χ3v) is 7.79. The molecule has 2 amide bonds. The number of benzene rings is 2. The molecule has 192 valence electrons. The molecule has 2 aromatic carbocycles. The average Bonchev–Trinajstić information content (AvgIpc) is 3.43. The second-order valence-electron chi connectivity index (χ2n) is 8.73. The largest absolute Gasteiger partial charge is 0.342 e. The molecule has 8 nitrogen and oxygen atoms in total. The lowest BCUT2D eigenvalue weighted by Crippen LogP contribution is -2.33. The molecule has 0 aliphatic carbocycles. The number of hydrogen-bond acceptors (Lipinski definition) is 7. The molecule has 2 heterocycles. The molecule has 0 saturated carbocycles. The van der Waals surface area contributed by atoms with Crippen LogP contribution in [0.5, 0.6) is 0 Å². The van der Waals surface area contributed by atoms with E-state index in [1.165, 1.54) is 23.1 Å². The number of carbonyl (C=O) groups is 2. The number of thiazole rings is 1. The van der Waals surface area contributed by atoms with Gasteiger partial charge in [-0.3, -0.25) is 9.59 Å². The molecule has 4 aromatic rings. The maximum Gasteiger partial charge on any atom is 0.251 e. The standard InChI is InChI=1S/C26H27ClN6O2S2/c1-15(2)21(29-24(35)18-10-12-19(27)13-11-18)23-31-32-26(33(23)4)36-14-20(34)28-25-30-22(16(3)37-25)17-8-6-5-7-9-17/h5-13,15,21H,14H2,1-4H3,(H,29,35)(H,28,30,34)/t21-/m1/s1. The zero-order valence-electron chi connectivity index (χ0n) is 20.9. The molecule has 11 heteroatoms. The molecule has 2 N–H and O–H groups in total. The van der Waals surface area contributed by atoms with Gasteiger partial charge in [0.05, 0.1) is 17.5 Å². The first-order chi connectivity index (χ1) is 17.7. The van der Waals surface area contributed by atoms with E-state index in [-0.39, 0.29) is 29.5 Å². The summed E-state index contributed by atoms with van der Waals surface area (Å²) >= 11 is 8.66. The van der Waals surface area contributed by atoms with Crippen LogP contribution in [0.3, 0.4) is 0 Å². The van der Waals surface area contributed by atoms with Crippen LogP contribution in [0.1, 0.15) is 40.9 Å². The second-order valence-corrected chi connectivity index (χ2v) is 11.3. The number of anilines is 1. The van der Waals surface area contributed by atoms with Gasteiger partial charge >= 0.3 is 0 Å². The summed E-state index contributed by atoms with van der Waals surface area (Å²) in [6.07, 6.45) is 0. The van der Waals surface area contributed by atoms with E-state index < -0.39 is 0 Å². The van der Waals surface area contributed by atoms with Crippen molar-refractivity contribution in [3.63, 3.8) is 0 Å². The predicted octanol–water partition coefficient (Wildman–Crippen LogP) is 5.76. The van der Waals surface area contributed by atoms with Gasteiger partial charge in [-0.05, 0) is 37.1 Å². The van der Waals surface area contributed by atoms with E-state index in [1.54, 1.807) is 24.3 Å². The van der Waals surface area contributed by atoms with Crippen molar-refractivity contribution >= 4 is 51.6 Å². The average molecular weight is 555 g/mol. The van der Waals surface area contributed by atoms with Gasteiger partial charge in [0.25, 0.3) is 5.91 Å². The molecule has 4 rings (SSSR count). The highest BCUT2D eigenvalue weighted by atomic mass is 35.5. The van der Waals surface area contributed by atoms with Crippen LogP contribution in [-0.2, 0) is 11.8 Å². The van der Waals surface area contributed by atoms with Gasteiger partial charge < -0.3 is 15.2 Å². The Morgan fingerprint density at radius 2 is 1.78 bits per heavy atom. The highest BCUT2D eigenvalue weighted by Gasteiger charge is 2.25. The molecule has 0 radical (unpaired) electrons. The molecule has 0 saturated heterocycles. The fourth-order valence-corrected chi connectivity index (χ4v) is 5.37. The van der Waals surface area contributed by atoms with Crippen LogP contribution in [0.15, 0.2) is 59.8 Å². The molecule has 1 atom stereocenters. The molecule has 0 aliphatic heterocycles. The molecule has 0 bridgehead atoms. The van der Waals surface area contributed by atoms with E-state index in [0.29, 0.717) is 26.7 Å². The number of aromatic nitrogens is 4. The number of halogens is 1. The maximum absolute atomic E-state index is 12.8. The number of amides is 2. The van der Waals surface area contributed by atoms with Crippen molar-refractivity contribution in [3.8, 4) is 11.3 Å². The fraction of sp³-hybridized carbons (Fsp3) is 0.269. The van der Waals surface area contributed by atoms with Crippen LogP contribution in [-0.4, -0.2) is 37.3 Å². The highest BCUT2D eigenvalue weighted by molar-refractivity contribution is 7.99. The van der Waals surface area contributed by atoms with Gasteiger partial charge in [0.2, 0.25) is 5.91 Å². The first kappa shape index (κ1) is 26.8. The minimum atomic E-state index is -0.362. The SMILES string of the molecule is Cc1sc(NC(=O)CSc2nnc([C@H](NC(=O)c3ccc(Cl)cc3)C(C)C)n2C)nc1-c1ccccc1. The second kappa shape index (κ2) is 11.9. The first-order valence-electron chi connectivity index (χ1n) is 11.6. The van der Waals surface area contributed by atoms with Crippen molar-refractivity contribution in [1.82, 2.24) is 25.1 Å². The predicted molar refractivity (Wildman–Crippen MR) is 149 cm³/mol. The lowest BCUT2D eigenvalue weighted by Gasteiger charge is -2.21. The third kappa shape index (κ3) is 6.57. The van der Waals surface area contributed by atoms with Crippen LogP contribution in [0.25, 0.3) is 11.3 Å². The Morgan fingerprint density at radius 3 is 2.46 bits per heavy atom. The number of nitrogens with one attached hydrogen (secondary N) is 2. The minimum Gasteiger partial charge on any atom is -0.342 e. The lowest BCUT2D eigenvalue weighted by molar-refractivity contribution is -0.113. The van der Waals surface area contributed by atoms with Crippen LogP contribution >= 0.6 is 34.7 Å². The van der Waals surface area contributed by atoms with Crippen LogP contribution in [0, 0.1) is 12.8 Å². The van der Waals surface area contributed by atoms with Crippen molar-refractivity contribution in [1.29, 1.82) is 0 Å². The van der Waals surface area contributed by atoms with E-state index in [1.807, 2.05) is 62.7 Å². The summed E-state index contributed by atoms with van der Waals surface area (Å²) in [7, 11) is 1.83. The van der Waals surface area contributed by atoms with Crippen LogP contribution in [0.2, 0.25) is 5.02 Å². The zero-order chi connectivity index (χ0) is 26.5. The normalized spacial score (nSPS) is 11.9. The van der Waals surface area contributed by atoms with Crippen molar-refractivity contribution in [2.75, 3.05) is 11.1 Å². The lowest BCUT2D eigenvalue weighted by atomic mass is 10.0. The maximum atomic E-state index is 12.8. The van der Waals surface area contributed by atoms with Gasteiger partial charge in [0.1, 0.15) is 0 Å². The van der Waals surface area contributed by atoms with E-state index in [2.05, 4.69) is 25.8 Å². The Balaban J connectivity index is 1.39. The van der Waals surface area contributed by atoms with E-state index in [0.717, 1.165) is 16.1 Å². The summed E-state index contributed by atoms with van der Waals surface area (Å²) in [4.78, 5) is 31.1. The van der Waals surface area contributed by atoms with Crippen molar-refractivity contribution in [3.05, 3.63) is 75.9 Å². The minimum absolute atomic E-state index is 0.0623. The molecule has 2 aromatic heterocycles. The van der Waals surface area contributed by atoms with E-state index in [4.69, 9.17) is 11.6 Å². The smallest absolute Gasteiger partial charge is 0.251 e. The Labute approximate surface area is 228 Å². The summed E-state index contributed by atoms with van der Waals surface area (Å²) in [5.74, 6) is 0.421. The molecular formula is C26H27ClN6O2S2. The number of hydrogen-bond donors (Lipinski definition) is 2. The molecule has 0 spiro atoms. The summed E-state index contributed by atoms with van der Waals surface area (Å²) in [5.41, 5.74) is 2.39. The van der Waals surface area contributed by atoms with Gasteiger partial charge in [0.15, 0.2) is 16.1 Å². The molecule has 0 fully saturated rings. The van der Waals surface area contributed by atoms with Crippen LogP contribution < -0.4 is 10.6 Å². The van der Waals surface area contributed by atoms with Gasteiger partial charge in [-0.15, -0.1) is 21.5 Å². The molecule has 0 unspecified atom stereocenters. The summed E-state index contributed by atoms with van der Waals surface area (Å²) in [6.45, 7) is 5.99. The van der Waals surface area contributed by atoms with Gasteiger partial charge in [-0.1, -0.05) is 67.5 Å². The van der Waals surface area contributed by atoms with Crippen LogP contribution in [0.4, 0.5) is 5.13 Å². The summed E-state index contributed by atoms with van der Waals surface area (Å²) in [5, 5.41) is 16.2. The Bertz CT molecular complexity index is 1390. The molecular weight excluding hydrogens is 528 g/mol. The molecule has 0 aliphatic rings. The van der Waals surface area contributed by atoms with E-state index >= 15 is 0 Å². The van der Waals surface area contributed by atoms with Crippen molar-refractivity contribution in [2.45, 2.75) is 32.0 Å². The first-order valence-corrected chi connectivity index (χ1v) is 13.8. The third-order valence-electron chi connectivity index (χ3n) is 5.63. The van der Waals surface area contributed by atoms with Gasteiger partial charge in [-0.2, -0.15) is 0 Å². The highest BCUT2D eigenvalue weighted by Crippen LogP contribution is 2.30. The quantitative estimate of drug-likeness (QED) is 0.255. The van der Waals surface area contributed by atoms with Crippen molar-refractivity contribution in [2.24, 2.45) is 13.0 Å². The summed E-state index contributed by atoms with van der Waals surface area (Å²) < 4.78 is 1.81. The Kier molecular flexibility index (Phi) is 8.63. The number of thioether (sulfide) groups is 1. The number of nitrogens with zero attached hydrogens (tertiary/aromatic N) is 4. The van der Waals surface area contributed by atoms with Gasteiger partial charge in [-0.25, -0.2) is 4.98 Å². The summed E-state index contributed by atoms with van der Waals surface area (Å²) in [6, 6.07) is 16.2.